The summed E-state index contributed by atoms with van der Waals surface area (Å²) in [6.45, 7) is 0.744. The fourth-order valence-electron chi connectivity index (χ4n) is 1.44. The van der Waals surface area contributed by atoms with Gasteiger partial charge in [-0.3, -0.25) is 0 Å². The number of rotatable bonds is 3. The molecule has 2 rings (SSSR count). The fourth-order valence-corrected chi connectivity index (χ4v) is 1.66. The molecule has 82 valence electrons. The predicted molar refractivity (Wildman–Crippen MR) is 62.8 cm³/mol. The molecule has 0 aliphatic carbocycles. The van der Waals surface area contributed by atoms with E-state index in [4.69, 9.17) is 23.8 Å². The van der Waals surface area contributed by atoms with Crippen molar-refractivity contribution in [2.75, 3.05) is 5.73 Å². The Morgan fingerprint density at radius 3 is 3.06 bits per heavy atom. The van der Waals surface area contributed by atoms with Crippen molar-refractivity contribution in [2.24, 2.45) is 0 Å². The maximum absolute atomic E-state index is 5.90. The summed E-state index contributed by atoms with van der Waals surface area (Å²) in [7, 11) is 0. The Hall–Kier alpha value is -1.80. The van der Waals surface area contributed by atoms with Crippen LogP contribution < -0.4 is 5.73 Å². The normalized spacial score (nSPS) is 10.5. The van der Waals surface area contributed by atoms with E-state index in [1.807, 2.05) is 4.57 Å². The smallest absolute Gasteiger partial charge is 0.223 e. The summed E-state index contributed by atoms with van der Waals surface area (Å²) in [4.78, 5) is 12.1. The van der Waals surface area contributed by atoms with Crippen molar-refractivity contribution in [2.45, 2.75) is 19.4 Å². The number of aryl methyl sites for hydroxylation is 1. The van der Waals surface area contributed by atoms with Gasteiger partial charge in [0.15, 0.2) is 10.8 Å². The average molecular weight is 236 g/mol. The molecular formula is C10H10ClN5. The van der Waals surface area contributed by atoms with Gasteiger partial charge in [-0.1, -0.05) is 11.6 Å². The van der Waals surface area contributed by atoms with Crippen molar-refractivity contribution in [3.05, 3.63) is 11.5 Å². The average Bonchev–Trinajstić information content (AvgIpc) is 2.62. The molecule has 16 heavy (non-hydrogen) atoms. The highest BCUT2D eigenvalue weighted by molar-refractivity contribution is 6.33. The minimum absolute atomic E-state index is 0.149. The second-order valence-electron chi connectivity index (χ2n) is 3.29. The molecule has 2 aromatic heterocycles. The number of nitrogens with zero attached hydrogens (tertiary/aromatic N) is 4. The monoisotopic (exact) mass is 235 g/mol. The first-order chi connectivity index (χ1) is 7.72. The minimum Gasteiger partial charge on any atom is -0.368 e. The number of nitrogens with two attached hydrogens (primary N) is 1. The summed E-state index contributed by atoms with van der Waals surface area (Å²) >= 11 is 5.90. The third-order valence-corrected chi connectivity index (χ3v) is 2.42. The largest absolute Gasteiger partial charge is 0.368 e. The molecule has 0 saturated heterocycles. The van der Waals surface area contributed by atoms with Crippen molar-refractivity contribution < 1.29 is 0 Å². The maximum Gasteiger partial charge on any atom is 0.223 e. The molecule has 0 unspecified atom stereocenters. The van der Waals surface area contributed by atoms with Crippen LogP contribution in [-0.4, -0.2) is 19.5 Å². The van der Waals surface area contributed by atoms with Gasteiger partial charge in [0, 0.05) is 13.0 Å². The van der Waals surface area contributed by atoms with Crippen molar-refractivity contribution in [1.82, 2.24) is 19.5 Å². The summed E-state index contributed by atoms with van der Waals surface area (Å²) < 4.78 is 1.87. The van der Waals surface area contributed by atoms with E-state index in [0.717, 1.165) is 13.0 Å². The van der Waals surface area contributed by atoms with Gasteiger partial charge in [-0.15, -0.1) is 12.3 Å². The van der Waals surface area contributed by atoms with Crippen molar-refractivity contribution >= 4 is 28.7 Å². The Morgan fingerprint density at radius 2 is 2.31 bits per heavy atom. The molecule has 5 nitrogen and oxygen atoms in total. The van der Waals surface area contributed by atoms with E-state index >= 15 is 0 Å². The summed E-state index contributed by atoms with van der Waals surface area (Å²) in [5, 5.41) is 0.276. The molecule has 0 bridgehead atoms. The van der Waals surface area contributed by atoms with Gasteiger partial charge in [-0.05, 0) is 6.42 Å². The Bertz CT molecular complexity index is 554. The zero-order valence-corrected chi connectivity index (χ0v) is 9.28. The first-order valence-electron chi connectivity index (χ1n) is 4.79. The van der Waals surface area contributed by atoms with Crippen LogP contribution in [0, 0.1) is 12.3 Å². The highest BCUT2D eigenvalue weighted by atomic mass is 35.5. The van der Waals surface area contributed by atoms with Gasteiger partial charge < -0.3 is 10.3 Å². The van der Waals surface area contributed by atoms with Crippen molar-refractivity contribution in [3.63, 3.8) is 0 Å². The first-order valence-corrected chi connectivity index (χ1v) is 5.17. The molecule has 2 heterocycles. The van der Waals surface area contributed by atoms with Gasteiger partial charge in [0.05, 0.1) is 6.33 Å². The zero-order valence-electron chi connectivity index (χ0n) is 8.52. The molecular weight excluding hydrogens is 226 g/mol. The van der Waals surface area contributed by atoms with Gasteiger partial charge in [-0.2, -0.15) is 9.97 Å². The number of terminal acetylenes is 1. The van der Waals surface area contributed by atoms with Crippen LogP contribution in [0.25, 0.3) is 11.2 Å². The van der Waals surface area contributed by atoms with Crippen LogP contribution in [0.4, 0.5) is 5.95 Å². The van der Waals surface area contributed by atoms with E-state index in [1.165, 1.54) is 0 Å². The lowest BCUT2D eigenvalue weighted by Gasteiger charge is -2.01. The second-order valence-corrected chi connectivity index (χ2v) is 3.65. The third kappa shape index (κ3) is 1.92. The molecule has 0 aliphatic rings. The number of imidazole rings is 1. The lowest BCUT2D eigenvalue weighted by molar-refractivity contribution is 0.667. The van der Waals surface area contributed by atoms with Crippen LogP contribution in [0.15, 0.2) is 6.33 Å². The fraction of sp³-hybridized carbons (Fsp3) is 0.300. The summed E-state index contributed by atoms with van der Waals surface area (Å²) in [5.41, 5.74) is 6.74. The number of halogens is 1. The Morgan fingerprint density at radius 1 is 1.50 bits per heavy atom. The van der Waals surface area contributed by atoms with Crippen LogP contribution in [0.5, 0.6) is 0 Å². The van der Waals surface area contributed by atoms with Crippen LogP contribution in [-0.2, 0) is 6.54 Å². The van der Waals surface area contributed by atoms with E-state index in [9.17, 15) is 0 Å². The number of aromatic nitrogens is 4. The minimum atomic E-state index is 0.149. The Labute approximate surface area is 97.7 Å². The second kappa shape index (κ2) is 4.37. The number of hydrogen-bond acceptors (Lipinski definition) is 4. The quantitative estimate of drug-likeness (QED) is 0.497. The highest BCUT2D eigenvalue weighted by Gasteiger charge is 2.09. The molecule has 0 aromatic carbocycles. The predicted octanol–water partition coefficient (Wildman–Crippen LogP) is 1.48. The lowest BCUT2D eigenvalue weighted by Crippen LogP contribution is -2.01. The molecule has 0 radical (unpaired) electrons. The van der Waals surface area contributed by atoms with E-state index in [0.29, 0.717) is 17.6 Å². The number of hydrogen-bond donors (Lipinski definition) is 1. The molecule has 2 aromatic rings. The molecule has 6 heteroatoms. The molecule has 0 aliphatic heterocycles. The molecule has 0 fully saturated rings. The summed E-state index contributed by atoms with van der Waals surface area (Å²) in [5.74, 6) is 2.73. The maximum atomic E-state index is 5.90. The van der Waals surface area contributed by atoms with Crippen LogP contribution in [0.1, 0.15) is 12.8 Å². The summed E-state index contributed by atoms with van der Waals surface area (Å²) in [6.07, 6.45) is 8.44. The molecule has 0 saturated carbocycles. The van der Waals surface area contributed by atoms with Crippen LogP contribution in [0.2, 0.25) is 5.15 Å². The lowest BCUT2D eigenvalue weighted by atomic mass is 10.3. The topological polar surface area (TPSA) is 69.6 Å². The molecule has 0 amide bonds. The number of fused-ring (bicyclic) bond motifs is 1. The molecule has 2 N–H and O–H groups in total. The standard InChI is InChI=1S/C10H10ClN5/c1-2-3-4-5-16-6-13-7-8(11)14-10(12)15-9(7)16/h1,6H,3-5H2,(H2,12,14,15). The number of unbranched alkanes of at least 4 members (excludes halogenated alkanes) is 1. The third-order valence-electron chi connectivity index (χ3n) is 2.16. The van der Waals surface area contributed by atoms with Crippen molar-refractivity contribution in [1.29, 1.82) is 0 Å². The molecule has 0 atom stereocenters. The van der Waals surface area contributed by atoms with Gasteiger partial charge in [0.25, 0.3) is 0 Å². The zero-order chi connectivity index (χ0) is 11.5. The molecule has 0 spiro atoms. The van der Waals surface area contributed by atoms with E-state index in [1.54, 1.807) is 6.33 Å². The first kappa shape index (κ1) is 10.7. The van der Waals surface area contributed by atoms with Gasteiger partial charge in [0.2, 0.25) is 5.95 Å². The Balaban J connectivity index is 2.37. The number of nitrogen functional groups attached to an aromatic ring is 1. The van der Waals surface area contributed by atoms with E-state index < -0.39 is 0 Å². The number of anilines is 1. The van der Waals surface area contributed by atoms with Crippen molar-refractivity contribution in [3.8, 4) is 12.3 Å². The van der Waals surface area contributed by atoms with E-state index in [-0.39, 0.29) is 11.1 Å². The highest BCUT2D eigenvalue weighted by Crippen LogP contribution is 2.19. The SMILES string of the molecule is C#CCCCn1cnc2c(Cl)nc(N)nc21. The van der Waals surface area contributed by atoms with Gasteiger partial charge in [-0.25, -0.2) is 4.98 Å². The van der Waals surface area contributed by atoms with Gasteiger partial charge in [0.1, 0.15) is 5.52 Å². The van der Waals surface area contributed by atoms with E-state index in [2.05, 4.69) is 20.9 Å². The van der Waals surface area contributed by atoms with Gasteiger partial charge >= 0.3 is 0 Å². The van der Waals surface area contributed by atoms with Crippen LogP contribution >= 0.6 is 11.6 Å². The van der Waals surface area contributed by atoms with Crippen LogP contribution in [0.3, 0.4) is 0 Å². The Kier molecular flexibility index (Phi) is 2.93. The summed E-state index contributed by atoms with van der Waals surface area (Å²) in [6, 6.07) is 0.